The van der Waals surface area contributed by atoms with Gasteiger partial charge in [-0.25, -0.2) is 32.2 Å². The Morgan fingerprint density at radius 3 is 2.32 bits per heavy atom. The molecule has 0 unspecified atom stereocenters. The molecule has 3 heterocycles. The van der Waals surface area contributed by atoms with Gasteiger partial charge >= 0.3 is 0 Å². The Labute approximate surface area is 229 Å². The predicted octanol–water partition coefficient (Wildman–Crippen LogP) is 6.30. The summed E-state index contributed by atoms with van der Waals surface area (Å²) in [4.78, 5) is 16.7. The summed E-state index contributed by atoms with van der Waals surface area (Å²) in [6, 6.07) is 12.6. The number of pyridine rings is 1. The molecule has 0 bridgehead atoms. The van der Waals surface area contributed by atoms with Crippen LogP contribution < -0.4 is 10.5 Å². The second kappa shape index (κ2) is 10.2. The van der Waals surface area contributed by atoms with Gasteiger partial charge in [-0.3, -0.25) is 9.71 Å². The van der Waals surface area contributed by atoms with Crippen molar-refractivity contribution in [2.75, 3.05) is 10.5 Å². The van der Waals surface area contributed by atoms with Crippen LogP contribution in [0.3, 0.4) is 0 Å². The fraction of sp³-hybridized carbons (Fsp3) is 0. The highest BCUT2D eigenvalue weighted by Crippen LogP contribution is 2.42. The van der Waals surface area contributed by atoms with Crippen LogP contribution >= 0.6 is 34.5 Å². The molecule has 0 saturated carbocycles. The van der Waals surface area contributed by atoms with Gasteiger partial charge in [0.25, 0.3) is 10.0 Å². The Kier molecular flexibility index (Phi) is 6.97. The summed E-state index contributed by atoms with van der Waals surface area (Å²) in [6.07, 6.45) is 2.47. The molecule has 5 aromatic rings. The normalized spacial score (nSPS) is 11.5. The first-order chi connectivity index (χ1) is 18.1. The summed E-state index contributed by atoms with van der Waals surface area (Å²) in [5.74, 6) is -1.45. The number of hydrogen-bond acceptors (Lipinski definition) is 8. The highest BCUT2D eigenvalue weighted by molar-refractivity contribution is 7.93. The second-order valence-corrected chi connectivity index (χ2v) is 11.1. The molecule has 2 aromatic carbocycles. The molecule has 0 atom stereocenters. The van der Waals surface area contributed by atoms with Crippen molar-refractivity contribution in [3.63, 3.8) is 0 Å². The van der Waals surface area contributed by atoms with Crippen LogP contribution in [0.5, 0.6) is 0 Å². The monoisotopic (exact) mass is 590 g/mol. The number of nitrogens with zero attached hydrogens (tertiary/aromatic N) is 4. The third-order valence-corrected chi connectivity index (χ3v) is 8.59. The summed E-state index contributed by atoms with van der Waals surface area (Å²) in [7, 11) is -4.36. The first-order valence-corrected chi connectivity index (χ1v) is 13.7. The molecule has 0 aliphatic rings. The van der Waals surface area contributed by atoms with E-state index < -0.39 is 21.7 Å². The largest absolute Gasteiger partial charge is 0.368 e. The van der Waals surface area contributed by atoms with E-state index in [1.807, 2.05) is 0 Å². The van der Waals surface area contributed by atoms with E-state index in [-0.39, 0.29) is 37.8 Å². The van der Waals surface area contributed by atoms with E-state index in [1.165, 1.54) is 54.7 Å². The van der Waals surface area contributed by atoms with Crippen LogP contribution in [0.1, 0.15) is 0 Å². The topological polar surface area (TPSA) is 124 Å². The van der Waals surface area contributed by atoms with E-state index in [0.29, 0.717) is 21.3 Å². The average molecular weight is 591 g/mol. The van der Waals surface area contributed by atoms with Crippen molar-refractivity contribution in [2.24, 2.45) is 0 Å². The molecule has 3 N–H and O–H groups in total. The Balaban J connectivity index is 1.64. The smallest absolute Gasteiger partial charge is 0.264 e. The lowest BCUT2D eigenvalue weighted by atomic mass is 10.1. The minimum absolute atomic E-state index is 0.0121. The molecule has 0 amide bonds. The van der Waals surface area contributed by atoms with Gasteiger partial charge in [-0.15, -0.1) is 11.3 Å². The van der Waals surface area contributed by atoms with E-state index in [0.717, 1.165) is 17.5 Å². The molecule has 0 aliphatic heterocycles. The van der Waals surface area contributed by atoms with Gasteiger partial charge in [0.2, 0.25) is 5.95 Å². The second-order valence-electron chi connectivity index (χ2n) is 7.68. The number of aromatic nitrogens is 4. The van der Waals surface area contributed by atoms with Crippen molar-refractivity contribution < 1.29 is 17.2 Å². The molecule has 0 saturated heterocycles. The quantitative estimate of drug-likeness (QED) is 0.238. The van der Waals surface area contributed by atoms with Crippen molar-refractivity contribution in [1.82, 2.24) is 19.9 Å². The number of thiazole rings is 1. The zero-order chi connectivity index (χ0) is 27.0. The first kappa shape index (κ1) is 25.9. The molecule has 192 valence electrons. The zero-order valence-electron chi connectivity index (χ0n) is 18.9. The van der Waals surface area contributed by atoms with Crippen LogP contribution in [0.4, 0.5) is 20.4 Å². The van der Waals surface area contributed by atoms with E-state index in [1.54, 1.807) is 6.07 Å². The number of halogens is 4. The van der Waals surface area contributed by atoms with Gasteiger partial charge in [0.15, 0.2) is 5.82 Å². The molecule has 0 aliphatic carbocycles. The maximum absolute atomic E-state index is 15.9. The van der Waals surface area contributed by atoms with E-state index in [2.05, 4.69) is 24.7 Å². The van der Waals surface area contributed by atoms with E-state index >= 15 is 4.39 Å². The van der Waals surface area contributed by atoms with Crippen molar-refractivity contribution in [3.05, 3.63) is 88.7 Å². The molecular formula is C24H14Cl2F2N6O2S2. The number of nitrogens with one attached hydrogen (secondary N) is 1. The van der Waals surface area contributed by atoms with Gasteiger partial charge in [-0.2, -0.15) is 0 Å². The number of nitrogens with two attached hydrogens (primary N) is 1. The van der Waals surface area contributed by atoms with Gasteiger partial charge in [0.1, 0.15) is 15.7 Å². The Morgan fingerprint density at radius 2 is 1.63 bits per heavy atom. The molecule has 0 radical (unpaired) electrons. The average Bonchev–Trinajstić information content (AvgIpc) is 3.31. The van der Waals surface area contributed by atoms with Crippen LogP contribution in [0.2, 0.25) is 10.0 Å². The molecule has 5 rings (SSSR count). The van der Waals surface area contributed by atoms with Crippen molar-refractivity contribution in [2.45, 2.75) is 4.90 Å². The summed E-state index contributed by atoms with van der Waals surface area (Å²) in [5.41, 5.74) is 6.20. The fourth-order valence-corrected chi connectivity index (χ4v) is 6.75. The van der Waals surface area contributed by atoms with Gasteiger partial charge in [0.05, 0.1) is 43.9 Å². The number of nitrogen functional groups attached to an aromatic ring is 1. The van der Waals surface area contributed by atoms with Crippen LogP contribution in [-0.2, 0) is 10.0 Å². The Bertz CT molecular complexity index is 1760. The third-order valence-electron chi connectivity index (χ3n) is 5.17. The highest BCUT2D eigenvalue weighted by atomic mass is 35.5. The number of sulfonamides is 1. The first-order valence-electron chi connectivity index (χ1n) is 10.6. The van der Waals surface area contributed by atoms with Gasteiger partial charge in [-0.05, 0) is 42.5 Å². The lowest BCUT2D eigenvalue weighted by Gasteiger charge is -2.13. The van der Waals surface area contributed by atoms with E-state index in [4.69, 9.17) is 28.9 Å². The Hall–Kier alpha value is -3.71. The van der Waals surface area contributed by atoms with Crippen LogP contribution in [0.15, 0.2) is 71.9 Å². The fourth-order valence-electron chi connectivity index (χ4n) is 3.52. The third kappa shape index (κ3) is 5.03. The van der Waals surface area contributed by atoms with Crippen LogP contribution in [0, 0.1) is 11.6 Å². The molecule has 0 fully saturated rings. The van der Waals surface area contributed by atoms with Crippen molar-refractivity contribution in [3.8, 4) is 32.5 Å². The maximum atomic E-state index is 15.9. The van der Waals surface area contributed by atoms with Gasteiger partial charge in [-0.1, -0.05) is 35.3 Å². The van der Waals surface area contributed by atoms with Gasteiger partial charge < -0.3 is 5.73 Å². The number of rotatable bonds is 6. The summed E-state index contributed by atoms with van der Waals surface area (Å²) in [6.45, 7) is 0. The number of anilines is 2. The minimum Gasteiger partial charge on any atom is -0.368 e. The summed E-state index contributed by atoms with van der Waals surface area (Å²) in [5, 5.41) is 0.0997. The molecule has 14 heteroatoms. The summed E-state index contributed by atoms with van der Waals surface area (Å²) < 4.78 is 57.7. The molecule has 38 heavy (non-hydrogen) atoms. The summed E-state index contributed by atoms with van der Waals surface area (Å²) >= 11 is 13.2. The van der Waals surface area contributed by atoms with Gasteiger partial charge in [0, 0.05) is 11.8 Å². The standard InChI is InChI=1S/C24H14Cl2F2N6O2S2/c25-14-4-2-5-15(26)22(14)38(35,36)34-16-6-1-3-13(19(16)28)20-21(17-9-10-30-24(29)32-17)37-23(33-20)18-8-7-12(27)11-31-18/h1-11,34H,(H2,29,30,32). The SMILES string of the molecule is Nc1nccc(-c2sc(-c3ccc(F)cn3)nc2-c2cccc(NS(=O)(=O)c3c(Cl)cccc3Cl)c2F)n1. The molecule has 3 aromatic heterocycles. The lowest BCUT2D eigenvalue weighted by molar-refractivity contribution is 0.599. The minimum atomic E-state index is -4.36. The molecule has 8 nitrogen and oxygen atoms in total. The molecule has 0 spiro atoms. The molecular weight excluding hydrogens is 577 g/mol. The van der Waals surface area contributed by atoms with Crippen LogP contribution in [0.25, 0.3) is 32.5 Å². The van der Waals surface area contributed by atoms with Crippen molar-refractivity contribution in [1.29, 1.82) is 0 Å². The number of benzene rings is 2. The number of hydrogen-bond donors (Lipinski definition) is 2. The maximum Gasteiger partial charge on any atom is 0.264 e. The highest BCUT2D eigenvalue weighted by Gasteiger charge is 2.26. The zero-order valence-corrected chi connectivity index (χ0v) is 22.0. The Morgan fingerprint density at radius 1 is 0.895 bits per heavy atom. The van der Waals surface area contributed by atoms with E-state index in [9.17, 15) is 12.8 Å². The lowest BCUT2D eigenvalue weighted by Crippen LogP contribution is -2.15. The predicted molar refractivity (Wildman–Crippen MR) is 143 cm³/mol. The van der Waals surface area contributed by atoms with Crippen molar-refractivity contribution >= 4 is 56.2 Å². The van der Waals surface area contributed by atoms with Crippen LogP contribution in [-0.4, -0.2) is 28.4 Å².